The molecule has 0 heterocycles. The number of rotatable bonds is 13. The van der Waals surface area contributed by atoms with E-state index in [4.69, 9.17) is 11.6 Å². The Hall–Kier alpha value is -3.43. The van der Waals surface area contributed by atoms with Crippen LogP contribution in [0.25, 0.3) is 0 Å². The summed E-state index contributed by atoms with van der Waals surface area (Å²) in [5.41, 5.74) is 1.66. The van der Waals surface area contributed by atoms with E-state index in [1.54, 1.807) is 23.1 Å². The highest BCUT2D eigenvalue weighted by Crippen LogP contribution is 2.24. The van der Waals surface area contributed by atoms with Crippen LogP contribution in [0.15, 0.2) is 78.9 Å². The molecule has 0 aromatic heterocycles. The number of nitrogens with one attached hydrogen (secondary N) is 1. The summed E-state index contributed by atoms with van der Waals surface area (Å²) in [5, 5.41) is 3.73. The third-order valence-electron chi connectivity index (χ3n) is 7.51. The van der Waals surface area contributed by atoms with Gasteiger partial charge in [0.05, 0.1) is 11.9 Å². The highest BCUT2D eigenvalue weighted by Gasteiger charge is 2.32. The summed E-state index contributed by atoms with van der Waals surface area (Å²) in [5.74, 6) is -1.17. The first kappa shape index (κ1) is 31.5. The summed E-state index contributed by atoms with van der Waals surface area (Å²) < 4.78 is 40.5. The smallest absolute Gasteiger partial charge is 0.243 e. The van der Waals surface area contributed by atoms with Crippen LogP contribution in [0.2, 0.25) is 5.02 Å². The van der Waals surface area contributed by atoms with E-state index in [9.17, 15) is 22.4 Å². The Kier molecular flexibility index (Phi) is 11.0. The SMILES string of the molecule is CS(=O)(=O)N(CCCC(=O)N(Cc1ccc(Cl)cc1)C(Cc1ccccc1)C(=O)NC1CCCC1)c1ccccc1F. The molecule has 1 fully saturated rings. The van der Waals surface area contributed by atoms with Gasteiger partial charge in [0.2, 0.25) is 21.8 Å². The second-order valence-corrected chi connectivity index (χ2v) is 13.1. The molecule has 4 rings (SSSR count). The molecule has 224 valence electrons. The Labute approximate surface area is 252 Å². The van der Waals surface area contributed by atoms with Gasteiger partial charge in [-0.15, -0.1) is 0 Å². The van der Waals surface area contributed by atoms with Crippen LogP contribution in [0.4, 0.5) is 10.1 Å². The normalized spacial score (nSPS) is 14.4. The average molecular weight is 614 g/mol. The van der Waals surface area contributed by atoms with Crippen molar-refractivity contribution in [1.29, 1.82) is 0 Å². The van der Waals surface area contributed by atoms with Gasteiger partial charge in [-0.1, -0.05) is 79.0 Å². The molecule has 42 heavy (non-hydrogen) atoms. The fourth-order valence-corrected chi connectivity index (χ4v) is 6.44. The van der Waals surface area contributed by atoms with Crippen molar-refractivity contribution in [3.63, 3.8) is 0 Å². The van der Waals surface area contributed by atoms with Crippen molar-refractivity contribution in [3.05, 3.63) is 101 Å². The Morgan fingerprint density at radius 1 is 0.952 bits per heavy atom. The number of nitrogens with zero attached hydrogens (tertiary/aromatic N) is 2. The number of carbonyl (C=O) groups excluding carboxylic acids is 2. The molecule has 1 aliphatic rings. The molecule has 0 saturated heterocycles. The fraction of sp³-hybridized carbons (Fsp3) is 0.375. The van der Waals surface area contributed by atoms with Gasteiger partial charge in [-0.05, 0) is 54.7 Å². The van der Waals surface area contributed by atoms with E-state index in [0.717, 1.165) is 47.4 Å². The van der Waals surface area contributed by atoms with Crippen LogP contribution in [0.5, 0.6) is 0 Å². The zero-order valence-electron chi connectivity index (χ0n) is 23.7. The first-order valence-electron chi connectivity index (χ1n) is 14.2. The largest absolute Gasteiger partial charge is 0.352 e. The topological polar surface area (TPSA) is 86.8 Å². The van der Waals surface area contributed by atoms with E-state index in [-0.39, 0.29) is 49.5 Å². The van der Waals surface area contributed by atoms with Crippen LogP contribution in [0.3, 0.4) is 0 Å². The van der Waals surface area contributed by atoms with Gasteiger partial charge in [0.15, 0.2) is 0 Å². The lowest BCUT2D eigenvalue weighted by atomic mass is 10.0. The average Bonchev–Trinajstić information content (AvgIpc) is 3.47. The zero-order valence-corrected chi connectivity index (χ0v) is 25.3. The van der Waals surface area contributed by atoms with Gasteiger partial charge in [-0.2, -0.15) is 0 Å². The quantitative estimate of drug-likeness (QED) is 0.267. The number of amides is 2. The van der Waals surface area contributed by atoms with Crippen LogP contribution in [0, 0.1) is 5.82 Å². The minimum Gasteiger partial charge on any atom is -0.352 e. The van der Waals surface area contributed by atoms with Gasteiger partial charge in [0.25, 0.3) is 0 Å². The Morgan fingerprint density at radius 3 is 2.24 bits per heavy atom. The second-order valence-electron chi connectivity index (χ2n) is 10.7. The minimum atomic E-state index is -3.80. The van der Waals surface area contributed by atoms with Gasteiger partial charge in [-0.3, -0.25) is 13.9 Å². The summed E-state index contributed by atoms with van der Waals surface area (Å²) in [4.78, 5) is 29.3. The van der Waals surface area contributed by atoms with Crippen molar-refractivity contribution < 1.29 is 22.4 Å². The predicted octanol–water partition coefficient (Wildman–Crippen LogP) is 5.72. The first-order valence-corrected chi connectivity index (χ1v) is 16.4. The summed E-state index contributed by atoms with van der Waals surface area (Å²) in [6.07, 6.45) is 5.37. The number of hydrogen-bond acceptors (Lipinski definition) is 4. The predicted molar refractivity (Wildman–Crippen MR) is 164 cm³/mol. The van der Waals surface area contributed by atoms with Crippen molar-refractivity contribution in [3.8, 4) is 0 Å². The molecule has 0 bridgehead atoms. The first-order chi connectivity index (χ1) is 20.1. The summed E-state index contributed by atoms with van der Waals surface area (Å²) in [6.45, 7) is 0.0899. The maximum atomic E-state index is 14.5. The van der Waals surface area contributed by atoms with E-state index < -0.39 is 21.9 Å². The third kappa shape index (κ3) is 8.79. The van der Waals surface area contributed by atoms with E-state index in [1.165, 1.54) is 18.2 Å². The van der Waals surface area contributed by atoms with Gasteiger partial charge in [0.1, 0.15) is 11.9 Å². The highest BCUT2D eigenvalue weighted by atomic mass is 35.5. The van der Waals surface area contributed by atoms with Crippen molar-refractivity contribution in [2.75, 3.05) is 17.1 Å². The van der Waals surface area contributed by atoms with Crippen molar-refractivity contribution in [2.45, 2.75) is 63.6 Å². The van der Waals surface area contributed by atoms with E-state index in [1.807, 2.05) is 42.5 Å². The van der Waals surface area contributed by atoms with E-state index in [2.05, 4.69) is 5.32 Å². The van der Waals surface area contributed by atoms with E-state index >= 15 is 0 Å². The molecule has 1 unspecified atom stereocenters. The molecule has 3 aromatic rings. The van der Waals surface area contributed by atoms with Crippen LogP contribution >= 0.6 is 11.6 Å². The monoisotopic (exact) mass is 613 g/mol. The lowest BCUT2D eigenvalue weighted by molar-refractivity contribution is -0.141. The number of anilines is 1. The molecule has 2 amide bonds. The number of sulfonamides is 1. The standard InChI is InChI=1S/C32H37ClFN3O4S/c1-42(40,41)37(29-15-8-7-14-28(29)34)21-9-16-31(38)36(23-25-17-19-26(33)20-18-25)30(22-24-10-3-2-4-11-24)32(39)35-27-12-5-6-13-27/h2-4,7-8,10-11,14-15,17-20,27,30H,5-6,9,12-13,16,21-23H2,1H3,(H,35,39). The van der Waals surface area contributed by atoms with Crippen LogP contribution in [-0.4, -0.2) is 50.0 Å². The molecule has 1 atom stereocenters. The van der Waals surface area contributed by atoms with Crippen molar-refractivity contribution in [2.24, 2.45) is 0 Å². The zero-order chi connectivity index (χ0) is 30.1. The number of carbonyl (C=O) groups is 2. The van der Waals surface area contributed by atoms with Gasteiger partial charge < -0.3 is 10.2 Å². The fourth-order valence-electron chi connectivity index (χ4n) is 5.34. The van der Waals surface area contributed by atoms with Gasteiger partial charge >= 0.3 is 0 Å². The molecule has 7 nitrogen and oxygen atoms in total. The number of hydrogen-bond donors (Lipinski definition) is 1. The maximum absolute atomic E-state index is 14.5. The second kappa shape index (κ2) is 14.6. The molecular formula is C32H37ClFN3O4S. The Balaban J connectivity index is 1.59. The maximum Gasteiger partial charge on any atom is 0.243 e. The lowest BCUT2D eigenvalue weighted by Gasteiger charge is -2.33. The Morgan fingerprint density at radius 2 is 1.60 bits per heavy atom. The van der Waals surface area contributed by atoms with Crippen LogP contribution < -0.4 is 9.62 Å². The highest BCUT2D eigenvalue weighted by molar-refractivity contribution is 7.92. The molecule has 3 aromatic carbocycles. The van der Waals surface area contributed by atoms with Crippen molar-refractivity contribution in [1.82, 2.24) is 10.2 Å². The molecule has 1 saturated carbocycles. The number of benzene rings is 3. The minimum absolute atomic E-state index is 0.0317. The summed E-state index contributed by atoms with van der Waals surface area (Å²) >= 11 is 6.10. The van der Waals surface area contributed by atoms with Crippen molar-refractivity contribution >= 4 is 39.1 Å². The molecule has 0 aliphatic heterocycles. The molecule has 0 spiro atoms. The van der Waals surface area contributed by atoms with E-state index in [0.29, 0.717) is 11.4 Å². The summed E-state index contributed by atoms with van der Waals surface area (Å²) in [6, 6.07) is 21.6. The Bertz CT molecular complexity index is 1450. The summed E-state index contributed by atoms with van der Waals surface area (Å²) in [7, 11) is -3.80. The third-order valence-corrected chi connectivity index (χ3v) is 8.94. The number of halogens is 2. The molecule has 1 aliphatic carbocycles. The lowest BCUT2D eigenvalue weighted by Crippen LogP contribution is -2.52. The van der Waals surface area contributed by atoms with Gasteiger partial charge in [0, 0.05) is 37.0 Å². The van der Waals surface area contributed by atoms with Crippen LogP contribution in [0.1, 0.15) is 49.7 Å². The molecular weight excluding hydrogens is 577 g/mol. The molecule has 0 radical (unpaired) electrons. The van der Waals surface area contributed by atoms with Gasteiger partial charge in [-0.25, -0.2) is 12.8 Å². The molecule has 10 heteroatoms. The number of para-hydroxylation sites is 1. The van der Waals surface area contributed by atoms with Crippen LogP contribution in [-0.2, 0) is 32.6 Å². The molecule has 1 N–H and O–H groups in total.